The molecule has 1 aromatic carbocycles. The first-order chi connectivity index (χ1) is 8.11. The van der Waals surface area contributed by atoms with E-state index in [0.29, 0.717) is 5.92 Å². The Morgan fingerprint density at radius 3 is 2.41 bits per heavy atom. The molecule has 0 aliphatic heterocycles. The van der Waals surface area contributed by atoms with Crippen LogP contribution in [-0.2, 0) is 0 Å². The van der Waals surface area contributed by atoms with Gasteiger partial charge in [0.2, 0.25) is 0 Å². The maximum Gasteiger partial charge on any atom is 0.123 e. The van der Waals surface area contributed by atoms with Crippen LogP contribution in [0.3, 0.4) is 0 Å². The first-order valence-electron chi connectivity index (χ1n) is 6.55. The van der Waals surface area contributed by atoms with Crippen LogP contribution in [0.2, 0.25) is 0 Å². The number of rotatable bonds is 2. The number of nitrogen functional groups attached to an aromatic ring is 1. The molecule has 0 radical (unpaired) electrons. The second kappa shape index (κ2) is 4.91. The van der Waals surface area contributed by atoms with E-state index in [4.69, 9.17) is 11.1 Å². The maximum absolute atomic E-state index is 7.74. The molecule has 1 aliphatic carbocycles. The van der Waals surface area contributed by atoms with Gasteiger partial charge in [-0.25, -0.2) is 0 Å². The van der Waals surface area contributed by atoms with Crippen LogP contribution in [0.15, 0.2) is 12.1 Å². The molecular weight excluding hydrogens is 208 g/mol. The smallest absolute Gasteiger partial charge is 0.123 e. The zero-order chi connectivity index (χ0) is 12.4. The summed E-state index contributed by atoms with van der Waals surface area (Å²) in [6.07, 6.45) is 6.50. The van der Waals surface area contributed by atoms with Crippen LogP contribution in [0.4, 0.5) is 0 Å². The van der Waals surface area contributed by atoms with Crippen LogP contribution in [0.25, 0.3) is 0 Å². The lowest BCUT2D eigenvalue weighted by Gasteiger charge is -2.26. The van der Waals surface area contributed by atoms with Crippen LogP contribution >= 0.6 is 0 Å². The van der Waals surface area contributed by atoms with Gasteiger partial charge in [-0.15, -0.1) is 0 Å². The van der Waals surface area contributed by atoms with Crippen molar-refractivity contribution in [2.24, 2.45) is 5.73 Å². The van der Waals surface area contributed by atoms with Gasteiger partial charge in [0.15, 0.2) is 0 Å². The summed E-state index contributed by atoms with van der Waals surface area (Å²) in [6.45, 7) is 4.32. The predicted octanol–water partition coefficient (Wildman–Crippen LogP) is 3.64. The van der Waals surface area contributed by atoms with E-state index in [0.717, 1.165) is 5.56 Å². The van der Waals surface area contributed by atoms with Gasteiger partial charge in [-0.1, -0.05) is 31.4 Å². The Bertz CT molecular complexity index is 429. The lowest BCUT2D eigenvalue weighted by Crippen LogP contribution is -2.18. The minimum absolute atomic E-state index is 0.216. The predicted molar refractivity (Wildman–Crippen MR) is 72.8 cm³/mol. The Kier molecular flexibility index (Phi) is 3.51. The number of aryl methyl sites for hydroxylation is 1. The maximum atomic E-state index is 7.74. The van der Waals surface area contributed by atoms with Crippen molar-refractivity contribution in [2.45, 2.75) is 51.9 Å². The van der Waals surface area contributed by atoms with Crippen LogP contribution < -0.4 is 5.73 Å². The van der Waals surface area contributed by atoms with E-state index in [1.807, 2.05) is 6.07 Å². The number of benzene rings is 1. The molecule has 0 aromatic heterocycles. The largest absolute Gasteiger partial charge is 0.384 e. The average Bonchev–Trinajstić information content (AvgIpc) is 2.33. The van der Waals surface area contributed by atoms with E-state index in [1.165, 1.54) is 48.8 Å². The highest BCUT2D eigenvalue weighted by Gasteiger charge is 2.21. The third-order valence-corrected chi connectivity index (χ3v) is 4.09. The normalized spacial score (nSPS) is 17.1. The summed E-state index contributed by atoms with van der Waals surface area (Å²) in [5, 5.41) is 7.74. The van der Waals surface area contributed by atoms with Crippen molar-refractivity contribution in [1.29, 1.82) is 5.41 Å². The van der Waals surface area contributed by atoms with Gasteiger partial charge in [-0.2, -0.15) is 0 Å². The van der Waals surface area contributed by atoms with E-state index in [9.17, 15) is 0 Å². The Morgan fingerprint density at radius 1 is 1.18 bits per heavy atom. The molecule has 1 aliphatic rings. The molecular formula is C15H22N2. The van der Waals surface area contributed by atoms with Gasteiger partial charge >= 0.3 is 0 Å². The molecule has 0 saturated heterocycles. The SMILES string of the molecule is Cc1ccc(C(=N)N)c(C2CCCCC2)c1C. The van der Waals surface area contributed by atoms with Gasteiger partial charge in [-0.3, -0.25) is 5.41 Å². The van der Waals surface area contributed by atoms with Gasteiger partial charge in [-0.05, 0) is 49.3 Å². The van der Waals surface area contributed by atoms with Crippen LogP contribution in [0.1, 0.15) is 60.3 Å². The molecule has 1 fully saturated rings. The summed E-state index contributed by atoms with van der Waals surface area (Å²) in [5.41, 5.74) is 10.7. The fourth-order valence-electron chi connectivity index (χ4n) is 2.99. The first kappa shape index (κ1) is 12.2. The zero-order valence-electron chi connectivity index (χ0n) is 10.8. The monoisotopic (exact) mass is 230 g/mol. The van der Waals surface area contributed by atoms with E-state index >= 15 is 0 Å². The second-order valence-electron chi connectivity index (χ2n) is 5.22. The molecule has 17 heavy (non-hydrogen) atoms. The summed E-state index contributed by atoms with van der Waals surface area (Å²) in [7, 11) is 0. The fourth-order valence-corrected chi connectivity index (χ4v) is 2.99. The summed E-state index contributed by atoms with van der Waals surface area (Å²) in [4.78, 5) is 0. The molecule has 0 spiro atoms. The number of nitrogens with one attached hydrogen (secondary N) is 1. The summed E-state index contributed by atoms with van der Waals surface area (Å²) < 4.78 is 0. The molecule has 2 rings (SSSR count). The quantitative estimate of drug-likeness (QED) is 0.591. The molecule has 0 atom stereocenters. The highest BCUT2D eigenvalue weighted by atomic mass is 14.7. The van der Waals surface area contributed by atoms with Gasteiger partial charge in [0.05, 0.1) is 0 Å². The first-order valence-corrected chi connectivity index (χ1v) is 6.55. The van der Waals surface area contributed by atoms with Crippen molar-refractivity contribution in [3.8, 4) is 0 Å². The molecule has 0 amide bonds. The molecule has 1 saturated carbocycles. The van der Waals surface area contributed by atoms with Gasteiger partial charge in [0.1, 0.15) is 5.84 Å². The highest BCUT2D eigenvalue weighted by Crippen LogP contribution is 2.37. The number of hydrogen-bond donors (Lipinski definition) is 2. The molecule has 0 unspecified atom stereocenters. The molecule has 2 nitrogen and oxygen atoms in total. The zero-order valence-corrected chi connectivity index (χ0v) is 10.8. The Hall–Kier alpha value is -1.31. The topological polar surface area (TPSA) is 49.9 Å². The highest BCUT2D eigenvalue weighted by molar-refractivity contribution is 5.97. The third-order valence-electron chi connectivity index (χ3n) is 4.09. The Balaban J connectivity index is 2.48. The van der Waals surface area contributed by atoms with E-state index in [-0.39, 0.29) is 5.84 Å². The van der Waals surface area contributed by atoms with Gasteiger partial charge < -0.3 is 5.73 Å². The van der Waals surface area contributed by atoms with Crippen molar-refractivity contribution >= 4 is 5.84 Å². The van der Waals surface area contributed by atoms with E-state index < -0.39 is 0 Å². The van der Waals surface area contributed by atoms with Crippen molar-refractivity contribution in [3.05, 3.63) is 34.4 Å². The number of amidine groups is 1. The third kappa shape index (κ3) is 2.36. The fraction of sp³-hybridized carbons (Fsp3) is 0.533. The molecule has 1 aromatic rings. The van der Waals surface area contributed by atoms with Crippen LogP contribution in [0.5, 0.6) is 0 Å². The van der Waals surface area contributed by atoms with Crippen molar-refractivity contribution in [3.63, 3.8) is 0 Å². The van der Waals surface area contributed by atoms with E-state index in [2.05, 4.69) is 19.9 Å². The van der Waals surface area contributed by atoms with Crippen molar-refractivity contribution in [1.82, 2.24) is 0 Å². The summed E-state index contributed by atoms with van der Waals surface area (Å²) in [5.74, 6) is 0.830. The van der Waals surface area contributed by atoms with Gasteiger partial charge in [0.25, 0.3) is 0 Å². The van der Waals surface area contributed by atoms with Crippen LogP contribution in [0, 0.1) is 19.3 Å². The Labute approximate surface area is 104 Å². The van der Waals surface area contributed by atoms with Crippen molar-refractivity contribution in [2.75, 3.05) is 0 Å². The Morgan fingerprint density at radius 2 is 1.82 bits per heavy atom. The second-order valence-corrected chi connectivity index (χ2v) is 5.22. The standard InChI is InChI=1S/C15H22N2/c1-10-8-9-13(15(16)17)14(11(10)2)12-6-4-3-5-7-12/h8-9,12H,3-7H2,1-2H3,(H3,16,17). The van der Waals surface area contributed by atoms with Crippen molar-refractivity contribution < 1.29 is 0 Å². The van der Waals surface area contributed by atoms with Crippen LogP contribution in [-0.4, -0.2) is 5.84 Å². The summed E-state index contributed by atoms with van der Waals surface area (Å²) in [6, 6.07) is 4.10. The van der Waals surface area contributed by atoms with Gasteiger partial charge in [0, 0.05) is 5.56 Å². The molecule has 3 N–H and O–H groups in total. The lowest BCUT2D eigenvalue weighted by atomic mass is 9.79. The molecule has 2 heteroatoms. The molecule has 0 heterocycles. The minimum atomic E-state index is 0.216. The van der Waals surface area contributed by atoms with E-state index in [1.54, 1.807) is 0 Å². The minimum Gasteiger partial charge on any atom is -0.384 e. The molecule has 92 valence electrons. The summed E-state index contributed by atoms with van der Waals surface area (Å²) >= 11 is 0. The number of hydrogen-bond acceptors (Lipinski definition) is 1. The molecule has 0 bridgehead atoms. The number of nitrogens with two attached hydrogens (primary N) is 1. The lowest BCUT2D eigenvalue weighted by molar-refractivity contribution is 0.442. The average molecular weight is 230 g/mol.